The van der Waals surface area contributed by atoms with Gasteiger partial charge >= 0.3 is 6.18 Å². The Labute approximate surface area is 99.6 Å². The van der Waals surface area contributed by atoms with Crippen molar-refractivity contribution in [1.29, 1.82) is 0 Å². The monoisotopic (exact) mass is 297 g/mol. The molecule has 0 aromatic heterocycles. The number of nitrogens with one attached hydrogen (secondary N) is 1. The van der Waals surface area contributed by atoms with Crippen molar-refractivity contribution in [3.8, 4) is 0 Å². The van der Waals surface area contributed by atoms with E-state index in [9.17, 15) is 13.2 Å². The zero-order valence-corrected chi connectivity index (χ0v) is 9.90. The van der Waals surface area contributed by atoms with E-state index in [-0.39, 0.29) is 12.3 Å². The molecule has 16 heavy (non-hydrogen) atoms. The predicted molar refractivity (Wildman–Crippen MR) is 59.3 cm³/mol. The average molecular weight is 298 g/mol. The first-order chi connectivity index (χ1) is 7.45. The van der Waals surface area contributed by atoms with E-state index in [2.05, 4.69) is 21.2 Å². The van der Waals surface area contributed by atoms with Crippen molar-refractivity contribution in [3.05, 3.63) is 28.2 Å². The Hall–Kier alpha value is -0.750. The fourth-order valence-corrected chi connectivity index (χ4v) is 1.57. The molecule has 2 nitrogen and oxygen atoms in total. The van der Waals surface area contributed by atoms with E-state index in [1.807, 2.05) is 0 Å². The molecule has 1 rings (SSSR count). The normalized spacial score (nSPS) is 11.6. The van der Waals surface area contributed by atoms with Crippen LogP contribution >= 0.6 is 15.9 Å². The molecule has 0 atom stereocenters. The molecule has 0 spiro atoms. The lowest BCUT2D eigenvalue weighted by molar-refractivity contribution is -0.136. The van der Waals surface area contributed by atoms with Crippen molar-refractivity contribution >= 4 is 21.6 Å². The van der Waals surface area contributed by atoms with Gasteiger partial charge in [0.1, 0.15) is 0 Å². The first-order valence-corrected chi connectivity index (χ1v) is 5.46. The molecule has 0 aliphatic heterocycles. The van der Waals surface area contributed by atoms with Crippen molar-refractivity contribution in [2.45, 2.75) is 12.6 Å². The minimum Gasteiger partial charge on any atom is -0.396 e. The number of halogens is 4. The number of hydrogen-bond acceptors (Lipinski definition) is 2. The van der Waals surface area contributed by atoms with E-state index in [4.69, 9.17) is 5.11 Å². The van der Waals surface area contributed by atoms with Crippen LogP contribution in [0, 0.1) is 0 Å². The molecule has 0 amide bonds. The van der Waals surface area contributed by atoms with Crippen LogP contribution in [0.15, 0.2) is 22.7 Å². The molecule has 6 heteroatoms. The van der Waals surface area contributed by atoms with E-state index in [0.717, 1.165) is 6.07 Å². The molecule has 0 saturated heterocycles. The maximum absolute atomic E-state index is 12.6. The molecule has 0 aliphatic carbocycles. The van der Waals surface area contributed by atoms with Crippen LogP contribution in [-0.4, -0.2) is 18.3 Å². The van der Waals surface area contributed by atoms with Crippen molar-refractivity contribution < 1.29 is 18.3 Å². The molecule has 1 aromatic carbocycles. The number of hydrogen-bond donors (Lipinski definition) is 2. The van der Waals surface area contributed by atoms with Gasteiger partial charge in [-0.1, -0.05) is 15.9 Å². The van der Waals surface area contributed by atoms with E-state index in [0.29, 0.717) is 17.4 Å². The Balaban J connectivity index is 2.90. The van der Waals surface area contributed by atoms with Gasteiger partial charge in [0.05, 0.1) is 5.56 Å². The van der Waals surface area contributed by atoms with Crippen molar-refractivity contribution in [3.63, 3.8) is 0 Å². The fourth-order valence-electron chi connectivity index (χ4n) is 1.21. The van der Waals surface area contributed by atoms with Gasteiger partial charge in [-0.3, -0.25) is 0 Å². The summed E-state index contributed by atoms with van der Waals surface area (Å²) in [6.07, 6.45) is -3.97. The highest BCUT2D eigenvalue weighted by molar-refractivity contribution is 9.10. The van der Waals surface area contributed by atoms with E-state index >= 15 is 0 Å². The smallest absolute Gasteiger partial charge is 0.396 e. The number of rotatable bonds is 4. The van der Waals surface area contributed by atoms with Crippen LogP contribution in [0.5, 0.6) is 0 Å². The maximum atomic E-state index is 12.6. The van der Waals surface area contributed by atoms with Gasteiger partial charge in [-0.25, -0.2) is 0 Å². The van der Waals surface area contributed by atoms with E-state index in [1.165, 1.54) is 12.1 Å². The molecule has 90 valence electrons. The minimum atomic E-state index is -4.37. The lowest BCUT2D eigenvalue weighted by Crippen LogP contribution is -2.12. The summed E-state index contributed by atoms with van der Waals surface area (Å²) in [4.78, 5) is 0. The molecule has 0 radical (unpaired) electrons. The third-order valence-corrected chi connectivity index (χ3v) is 2.43. The quantitative estimate of drug-likeness (QED) is 0.836. The minimum absolute atomic E-state index is 0.0234. The first kappa shape index (κ1) is 13.3. The number of alkyl halides is 3. The van der Waals surface area contributed by atoms with Gasteiger partial charge in [0, 0.05) is 23.3 Å². The van der Waals surface area contributed by atoms with Gasteiger partial charge in [-0.05, 0) is 24.6 Å². The molecule has 0 heterocycles. The lowest BCUT2D eigenvalue weighted by atomic mass is 10.1. The summed E-state index contributed by atoms with van der Waals surface area (Å²) >= 11 is 3.12. The molecule has 0 fully saturated rings. The topological polar surface area (TPSA) is 32.3 Å². The Morgan fingerprint density at radius 1 is 1.31 bits per heavy atom. The molecule has 1 aromatic rings. The van der Waals surface area contributed by atoms with Crippen LogP contribution in [0.25, 0.3) is 0 Å². The van der Waals surface area contributed by atoms with Gasteiger partial charge < -0.3 is 10.4 Å². The highest BCUT2D eigenvalue weighted by Gasteiger charge is 2.33. The van der Waals surface area contributed by atoms with Gasteiger partial charge in [0.2, 0.25) is 0 Å². The first-order valence-electron chi connectivity index (χ1n) is 4.66. The summed E-state index contributed by atoms with van der Waals surface area (Å²) in [6.45, 7) is 0.248. The summed E-state index contributed by atoms with van der Waals surface area (Å²) in [5.41, 5.74) is -0.677. The van der Waals surface area contributed by atoms with Crippen molar-refractivity contribution in [2.75, 3.05) is 18.5 Å². The summed E-state index contributed by atoms with van der Waals surface area (Å²) in [5.74, 6) is 0. The average Bonchev–Trinajstić information content (AvgIpc) is 2.16. The summed E-state index contributed by atoms with van der Waals surface area (Å²) in [7, 11) is 0. The van der Waals surface area contributed by atoms with E-state index < -0.39 is 11.7 Å². The molecule has 0 unspecified atom stereocenters. The summed E-state index contributed by atoms with van der Waals surface area (Å²) < 4.78 is 38.3. The Morgan fingerprint density at radius 3 is 2.56 bits per heavy atom. The summed E-state index contributed by atoms with van der Waals surface area (Å²) in [6, 6.07) is 3.74. The molecule has 0 aliphatic rings. The van der Waals surface area contributed by atoms with Crippen LogP contribution in [-0.2, 0) is 6.18 Å². The molecule has 0 bridgehead atoms. The second-order valence-corrected chi connectivity index (χ2v) is 4.11. The van der Waals surface area contributed by atoms with Gasteiger partial charge in [0.15, 0.2) is 0 Å². The standard InChI is InChI=1S/C10H11BrF3NO/c11-7-2-3-8(10(12,13)14)9(6-7)15-4-1-5-16/h2-3,6,15-16H,1,4-5H2. The van der Waals surface area contributed by atoms with Crippen LogP contribution in [0.4, 0.5) is 18.9 Å². The Morgan fingerprint density at radius 2 is 2.00 bits per heavy atom. The second kappa shape index (κ2) is 5.54. The van der Waals surface area contributed by atoms with Crippen LogP contribution in [0.2, 0.25) is 0 Å². The SMILES string of the molecule is OCCCNc1cc(Br)ccc1C(F)(F)F. The second-order valence-electron chi connectivity index (χ2n) is 3.19. The fraction of sp³-hybridized carbons (Fsp3) is 0.400. The highest BCUT2D eigenvalue weighted by atomic mass is 79.9. The van der Waals surface area contributed by atoms with Crippen LogP contribution < -0.4 is 5.32 Å². The largest absolute Gasteiger partial charge is 0.418 e. The van der Waals surface area contributed by atoms with E-state index in [1.54, 1.807) is 0 Å². The third-order valence-electron chi connectivity index (χ3n) is 1.94. The molecular formula is C10H11BrF3NO. The molecular weight excluding hydrogens is 287 g/mol. The van der Waals surface area contributed by atoms with Crippen LogP contribution in [0.1, 0.15) is 12.0 Å². The Bertz CT molecular complexity index is 354. The Kier molecular flexibility index (Phi) is 4.61. The predicted octanol–water partition coefficient (Wildman–Crippen LogP) is 3.26. The molecule has 0 saturated carbocycles. The maximum Gasteiger partial charge on any atom is 0.418 e. The van der Waals surface area contributed by atoms with Gasteiger partial charge in [0.25, 0.3) is 0 Å². The zero-order chi connectivity index (χ0) is 12.2. The van der Waals surface area contributed by atoms with Gasteiger partial charge in [-0.15, -0.1) is 0 Å². The summed E-state index contributed by atoms with van der Waals surface area (Å²) in [5, 5.41) is 11.2. The third kappa shape index (κ3) is 3.68. The van der Waals surface area contributed by atoms with Gasteiger partial charge in [-0.2, -0.15) is 13.2 Å². The van der Waals surface area contributed by atoms with Crippen molar-refractivity contribution in [2.24, 2.45) is 0 Å². The number of anilines is 1. The molecule has 2 N–H and O–H groups in total. The highest BCUT2D eigenvalue weighted by Crippen LogP contribution is 2.36. The zero-order valence-electron chi connectivity index (χ0n) is 8.31. The van der Waals surface area contributed by atoms with Crippen molar-refractivity contribution in [1.82, 2.24) is 0 Å². The number of benzene rings is 1. The number of aliphatic hydroxyl groups is 1. The lowest BCUT2D eigenvalue weighted by Gasteiger charge is -2.14. The number of aliphatic hydroxyl groups excluding tert-OH is 1. The van der Waals surface area contributed by atoms with Crippen LogP contribution in [0.3, 0.4) is 0 Å².